The maximum atomic E-state index is 12.2. The molecule has 1 amide bonds. The zero-order valence-corrected chi connectivity index (χ0v) is 12.1. The van der Waals surface area contributed by atoms with Gasteiger partial charge in [0, 0.05) is 17.3 Å². The van der Waals surface area contributed by atoms with Crippen LogP contribution in [0.15, 0.2) is 5.38 Å². The van der Waals surface area contributed by atoms with E-state index in [1.165, 1.54) is 11.3 Å². The van der Waals surface area contributed by atoms with Gasteiger partial charge in [0.05, 0.1) is 11.1 Å². The molecule has 0 bridgehead atoms. The lowest BCUT2D eigenvalue weighted by Gasteiger charge is -2.38. The number of anilines is 1. The molecule has 1 saturated carbocycles. The molecule has 0 aromatic carbocycles. The number of rotatable bonds is 3. The van der Waals surface area contributed by atoms with E-state index in [0.717, 1.165) is 25.0 Å². The van der Waals surface area contributed by atoms with Crippen LogP contribution < -0.4 is 11.1 Å². The van der Waals surface area contributed by atoms with Gasteiger partial charge in [-0.3, -0.25) is 4.79 Å². The molecule has 0 atom stereocenters. The summed E-state index contributed by atoms with van der Waals surface area (Å²) in [4.78, 5) is 16.7. The van der Waals surface area contributed by atoms with E-state index in [-0.39, 0.29) is 16.7 Å². The predicted molar refractivity (Wildman–Crippen MR) is 74.8 cm³/mol. The number of nitrogens with zero attached hydrogens (tertiary/aromatic N) is 1. The average molecular weight is 267 g/mol. The van der Waals surface area contributed by atoms with Crippen molar-refractivity contribution in [3.63, 3.8) is 0 Å². The fourth-order valence-corrected chi connectivity index (χ4v) is 2.96. The molecule has 3 N–H and O–H groups in total. The van der Waals surface area contributed by atoms with E-state index in [9.17, 15) is 4.79 Å². The Balaban J connectivity index is 2.06. The molecule has 1 fully saturated rings. The average Bonchev–Trinajstić information content (AvgIpc) is 2.64. The van der Waals surface area contributed by atoms with E-state index in [0.29, 0.717) is 11.7 Å². The van der Waals surface area contributed by atoms with Gasteiger partial charge in [-0.15, -0.1) is 11.3 Å². The van der Waals surface area contributed by atoms with Crippen LogP contribution in [-0.4, -0.2) is 17.4 Å². The quantitative estimate of drug-likeness (QED) is 0.884. The normalized spacial score (nSPS) is 18.2. The minimum atomic E-state index is -0.340. The van der Waals surface area contributed by atoms with E-state index in [4.69, 9.17) is 5.73 Å². The van der Waals surface area contributed by atoms with Crippen LogP contribution in [-0.2, 0) is 10.2 Å². The van der Waals surface area contributed by atoms with Crippen LogP contribution in [0, 0.1) is 5.41 Å². The number of carbonyl (C=O) groups excluding carboxylic acids is 1. The number of nitrogens with one attached hydrogen (secondary N) is 1. The molecule has 1 aromatic heterocycles. The van der Waals surface area contributed by atoms with Gasteiger partial charge in [-0.05, 0) is 12.8 Å². The summed E-state index contributed by atoms with van der Waals surface area (Å²) in [5.74, 6) is 0.0334. The minimum absolute atomic E-state index is 0.0154. The first-order valence-corrected chi connectivity index (χ1v) is 7.23. The summed E-state index contributed by atoms with van der Waals surface area (Å²) in [5, 5.41) is 5.61. The first-order chi connectivity index (χ1) is 8.37. The molecule has 0 spiro atoms. The molecule has 5 heteroatoms. The number of hydrogen-bond donors (Lipinski definition) is 2. The van der Waals surface area contributed by atoms with Crippen molar-refractivity contribution >= 4 is 22.4 Å². The topological polar surface area (TPSA) is 68.0 Å². The maximum Gasteiger partial charge on any atom is 0.233 e. The number of aromatic nitrogens is 1. The smallest absolute Gasteiger partial charge is 0.233 e. The third kappa shape index (κ3) is 2.42. The Bertz CT molecular complexity index is 438. The van der Waals surface area contributed by atoms with Gasteiger partial charge in [-0.1, -0.05) is 27.2 Å². The Kier molecular flexibility index (Phi) is 3.47. The molecule has 100 valence electrons. The molecule has 0 saturated heterocycles. The molecule has 1 aliphatic carbocycles. The van der Waals surface area contributed by atoms with Gasteiger partial charge >= 0.3 is 0 Å². The molecular weight excluding hydrogens is 246 g/mol. The van der Waals surface area contributed by atoms with Crippen molar-refractivity contribution in [1.29, 1.82) is 0 Å². The Morgan fingerprint density at radius 3 is 2.61 bits per heavy atom. The maximum absolute atomic E-state index is 12.2. The van der Waals surface area contributed by atoms with Crippen molar-refractivity contribution in [2.75, 3.05) is 11.9 Å². The van der Waals surface area contributed by atoms with Crippen LogP contribution in [0.25, 0.3) is 0 Å². The van der Waals surface area contributed by atoms with Crippen molar-refractivity contribution in [1.82, 2.24) is 4.98 Å². The van der Waals surface area contributed by atoms with Crippen LogP contribution >= 0.6 is 11.3 Å². The predicted octanol–water partition coefficient (Wildman–Crippen LogP) is 2.51. The number of thiazole rings is 1. The Hall–Kier alpha value is -0.940. The largest absolute Gasteiger partial charge is 0.329 e. The minimum Gasteiger partial charge on any atom is -0.329 e. The Labute approximate surface area is 112 Å². The van der Waals surface area contributed by atoms with E-state index < -0.39 is 0 Å². The molecule has 1 heterocycles. The van der Waals surface area contributed by atoms with Gasteiger partial charge in [0.2, 0.25) is 5.91 Å². The number of amides is 1. The van der Waals surface area contributed by atoms with Crippen LogP contribution in [0.4, 0.5) is 5.13 Å². The first-order valence-electron chi connectivity index (χ1n) is 6.35. The van der Waals surface area contributed by atoms with Crippen molar-refractivity contribution in [3.8, 4) is 0 Å². The monoisotopic (exact) mass is 267 g/mol. The highest BCUT2D eigenvalue weighted by Crippen LogP contribution is 2.41. The van der Waals surface area contributed by atoms with Crippen molar-refractivity contribution in [3.05, 3.63) is 11.1 Å². The summed E-state index contributed by atoms with van der Waals surface area (Å²) in [7, 11) is 0. The highest BCUT2D eigenvalue weighted by molar-refractivity contribution is 7.14. The highest BCUT2D eigenvalue weighted by Gasteiger charge is 2.43. The third-order valence-electron chi connectivity index (χ3n) is 3.68. The lowest BCUT2D eigenvalue weighted by Crippen LogP contribution is -2.47. The summed E-state index contributed by atoms with van der Waals surface area (Å²) < 4.78 is 0. The van der Waals surface area contributed by atoms with Gasteiger partial charge in [-0.2, -0.15) is 0 Å². The summed E-state index contributed by atoms with van der Waals surface area (Å²) in [6.45, 7) is 6.76. The second kappa shape index (κ2) is 4.63. The van der Waals surface area contributed by atoms with Crippen molar-refractivity contribution in [2.24, 2.45) is 11.1 Å². The Morgan fingerprint density at radius 1 is 1.56 bits per heavy atom. The summed E-state index contributed by atoms with van der Waals surface area (Å²) in [6.07, 6.45) is 2.88. The molecular formula is C13H21N3OS. The van der Waals surface area contributed by atoms with E-state index in [1.54, 1.807) is 0 Å². The molecule has 2 rings (SSSR count). The number of hydrogen-bond acceptors (Lipinski definition) is 4. The zero-order chi connectivity index (χ0) is 13.4. The molecule has 0 unspecified atom stereocenters. The number of carbonyl (C=O) groups is 1. The van der Waals surface area contributed by atoms with E-state index in [1.807, 2.05) is 5.38 Å². The Morgan fingerprint density at radius 2 is 2.22 bits per heavy atom. The zero-order valence-electron chi connectivity index (χ0n) is 11.2. The summed E-state index contributed by atoms with van der Waals surface area (Å²) >= 11 is 1.48. The second-order valence-electron chi connectivity index (χ2n) is 6.08. The van der Waals surface area contributed by atoms with Crippen LogP contribution in [0.3, 0.4) is 0 Å². The third-order valence-corrected chi connectivity index (χ3v) is 4.43. The van der Waals surface area contributed by atoms with Gasteiger partial charge in [-0.25, -0.2) is 4.98 Å². The van der Waals surface area contributed by atoms with Gasteiger partial charge in [0.1, 0.15) is 0 Å². The van der Waals surface area contributed by atoms with Crippen LogP contribution in [0.1, 0.15) is 45.7 Å². The molecule has 0 radical (unpaired) electrons. The fraction of sp³-hybridized carbons (Fsp3) is 0.692. The van der Waals surface area contributed by atoms with Crippen LogP contribution in [0.2, 0.25) is 0 Å². The summed E-state index contributed by atoms with van der Waals surface area (Å²) in [5.41, 5.74) is 6.41. The standard InChI is InChI=1S/C13H21N3OS/c1-12(2,3)9-7-18-11(15-9)16-10(17)13(8-14)5-4-6-13/h7H,4-6,8,14H2,1-3H3,(H,15,16,17). The number of nitrogens with two attached hydrogens (primary N) is 1. The molecule has 1 aromatic rings. The highest BCUT2D eigenvalue weighted by atomic mass is 32.1. The lowest BCUT2D eigenvalue weighted by molar-refractivity contribution is -0.129. The van der Waals surface area contributed by atoms with Crippen molar-refractivity contribution < 1.29 is 4.79 Å². The molecule has 1 aliphatic rings. The summed E-state index contributed by atoms with van der Waals surface area (Å²) in [6, 6.07) is 0. The van der Waals surface area contributed by atoms with E-state index >= 15 is 0 Å². The second-order valence-corrected chi connectivity index (χ2v) is 6.94. The first kappa shape index (κ1) is 13.5. The molecule has 0 aliphatic heterocycles. The van der Waals surface area contributed by atoms with E-state index in [2.05, 4.69) is 31.1 Å². The van der Waals surface area contributed by atoms with Crippen molar-refractivity contribution in [2.45, 2.75) is 45.4 Å². The van der Waals surface area contributed by atoms with Gasteiger partial charge in [0.25, 0.3) is 0 Å². The van der Waals surface area contributed by atoms with Gasteiger partial charge < -0.3 is 11.1 Å². The van der Waals surface area contributed by atoms with Crippen LogP contribution in [0.5, 0.6) is 0 Å². The molecule has 4 nitrogen and oxygen atoms in total. The fourth-order valence-electron chi connectivity index (χ4n) is 2.03. The molecule has 18 heavy (non-hydrogen) atoms. The van der Waals surface area contributed by atoms with Gasteiger partial charge in [0.15, 0.2) is 5.13 Å². The SMILES string of the molecule is CC(C)(C)c1csc(NC(=O)C2(CN)CCC2)n1. The lowest BCUT2D eigenvalue weighted by atomic mass is 9.68.